The van der Waals surface area contributed by atoms with Gasteiger partial charge in [-0.1, -0.05) is 24.3 Å². The van der Waals surface area contributed by atoms with Crippen molar-refractivity contribution in [1.82, 2.24) is 14.8 Å². The van der Waals surface area contributed by atoms with E-state index in [1.807, 2.05) is 17.0 Å². The topological polar surface area (TPSA) is 82.4 Å². The van der Waals surface area contributed by atoms with Gasteiger partial charge in [0.2, 0.25) is 0 Å². The predicted octanol–water partition coefficient (Wildman–Crippen LogP) is 2.41. The van der Waals surface area contributed by atoms with Crippen molar-refractivity contribution in [3.05, 3.63) is 71.2 Å². The first-order chi connectivity index (χ1) is 14.0. The van der Waals surface area contributed by atoms with Gasteiger partial charge in [-0.05, 0) is 30.2 Å². The first-order valence-corrected chi connectivity index (χ1v) is 9.69. The fourth-order valence-corrected chi connectivity index (χ4v) is 3.82. The number of nitrogens with two attached hydrogens (primary N) is 1. The van der Waals surface area contributed by atoms with Crippen LogP contribution in [0.5, 0.6) is 0 Å². The molecule has 6 nitrogen and oxygen atoms in total. The number of para-hydroxylation sites is 1. The van der Waals surface area contributed by atoms with Crippen LogP contribution in [0.25, 0.3) is 10.9 Å². The van der Waals surface area contributed by atoms with Gasteiger partial charge in [0.15, 0.2) is 0 Å². The van der Waals surface area contributed by atoms with Crippen molar-refractivity contribution >= 4 is 22.7 Å². The number of piperazine rings is 1. The summed E-state index contributed by atoms with van der Waals surface area (Å²) in [7, 11) is 0. The van der Waals surface area contributed by atoms with E-state index >= 15 is 0 Å². The zero-order chi connectivity index (χ0) is 20.4. The van der Waals surface area contributed by atoms with Crippen LogP contribution in [0.3, 0.4) is 0 Å². The predicted molar refractivity (Wildman–Crippen MR) is 109 cm³/mol. The van der Waals surface area contributed by atoms with Gasteiger partial charge in [0.1, 0.15) is 5.82 Å². The zero-order valence-corrected chi connectivity index (χ0v) is 16.0. The van der Waals surface area contributed by atoms with Crippen molar-refractivity contribution in [3.63, 3.8) is 0 Å². The van der Waals surface area contributed by atoms with E-state index in [2.05, 4.69) is 9.88 Å². The zero-order valence-electron chi connectivity index (χ0n) is 16.0. The molecule has 3 N–H and O–H groups in total. The van der Waals surface area contributed by atoms with Crippen molar-refractivity contribution in [2.45, 2.75) is 6.42 Å². The summed E-state index contributed by atoms with van der Waals surface area (Å²) in [6.07, 6.45) is 2.41. The molecule has 1 aliphatic heterocycles. The average Bonchev–Trinajstić information content (AvgIpc) is 3.18. The summed E-state index contributed by atoms with van der Waals surface area (Å²) in [5, 5.41) is 0.668. The lowest BCUT2D eigenvalue weighted by atomic mass is 10.1. The summed E-state index contributed by atoms with van der Waals surface area (Å²) >= 11 is 0. The highest BCUT2D eigenvalue weighted by atomic mass is 19.1. The fourth-order valence-electron chi connectivity index (χ4n) is 3.82. The number of hydrogen-bond acceptors (Lipinski definition) is 3. The molecule has 29 heavy (non-hydrogen) atoms. The minimum atomic E-state index is -0.518. The molecule has 1 saturated heterocycles. The number of fused-ring (bicyclic) bond motifs is 1. The van der Waals surface area contributed by atoms with Gasteiger partial charge in [0.05, 0.1) is 16.6 Å². The van der Waals surface area contributed by atoms with E-state index < -0.39 is 5.91 Å². The van der Waals surface area contributed by atoms with E-state index in [1.54, 1.807) is 24.4 Å². The fraction of sp³-hybridized carbons (Fsp3) is 0.273. The Balaban J connectivity index is 1.38. The largest absolute Gasteiger partial charge is 0.366 e. The summed E-state index contributed by atoms with van der Waals surface area (Å²) in [6.45, 7) is 3.74. The SMILES string of the molecule is NC(=O)c1c[nH]c2c(C(=O)N3CCN(CCc4ccc(F)cc4)CC3)cccc12. The van der Waals surface area contributed by atoms with Crippen molar-refractivity contribution in [3.8, 4) is 0 Å². The van der Waals surface area contributed by atoms with Crippen molar-refractivity contribution in [2.24, 2.45) is 5.73 Å². The Morgan fingerprint density at radius 2 is 1.72 bits per heavy atom. The highest BCUT2D eigenvalue weighted by Crippen LogP contribution is 2.23. The van der Waals surface area contributed by atoms with Gasteiger partial charge < -0.3 is 15.6 Å². The van der Waals surface area contributed by atoms with Gasteiger partial charge in [-0.2, -0.15) is 0 Å². The molecule has 7 heteroatoms. The molecule has 150 valence electrons. The number of H-pyrrole nitrogens is 1. The summed E-state index contributed by atoms with van der Waals surface area (Å²) in [6, 6.07) is 11.9. The van der Waals surface area contributed by atoms with Crippen molar-refractivity contribution in [2.75, 3.05) is 32.7 Å². The highest BCUT2D eigenvalue weighted by molar-refractivity contribution is 6.12. The number of halogens is 1. The van der Waals surface area contributed by atoms with E-state index in [0.717, 1.165) is 31.6 Å². The van der Waals surface area contributed by atoms with Gasteiger partial charge in [0.25, 0.3) is 11.8 Å². The molecule has 2 amide bonds. The molecule has 0 saturated carbocycles. The minimum Gasteiger partial charge on any atom is -0.366 e. The maximum absolute atomic E-state index is 13.0. The first-order valence-electron chi connectivity index (χ1n) is 9.69. The average molecular weight is 394 g/mol. The molecule has 1 aromatic heterocycles. The second-order valence-electron chi connectivity index (χ2n) is 7.31. The summed E-state index contributed by atoms with van der Waals surface area (Å²) < 4.78 is 13.0. The monoisotopic (exact) mass is 394 g/mol. The van der Waals surface area contributed by atoms with E-state index in [-0.39, 0.29) is 11.7 Å². The van der Waals surface area contributed by atoms with Crippen LogP contribution in [0.2, 0.25) is 0 Å². The van der Waals surface area contributed by atoms with Crippen LogP contribution in [0.1, 0.15) is 26.3 Å². The van der Waals surface area contributed by atoms with E-state index in [9.17, 15) is 14.0 Å². The number of carbonyl (C=O) groups is 2. The van der Waals surface area contributed by atoms with Crippen LogP contribution in [0.4, 0.5) is 4.39 Å². The van der Waals surface area contributed by atoms with Gasteiger partial charge in [-0.25, -0.2) is 4.39 Å². The lowest BCUT2D eigenvalue weighted by molar-refractivity contribution is 0.0640. The quantitative estimate of drug-likeness (QED) is 0.697. The number of aromatic amines is 1. The molecule has 1 fully saturated rings. The first kappa shape index (κ1) is 19.1. The van der Waals surface area contributed by atoms with Gasteiger partial charge in [-0.3, -0.25) is 14.5 Å². The molecule has 4 rings (SSSR count). The number of amides is 2. The van der Waals surface area contributed by atoms with Gasteiger partial charge in [0, 0.05) is 44.3 Å². The second kappa shape index (κ2) is 8.05. The molecule has 0 bridgehead atoms. The Bertz CT molecular complexity index is 1040. The number of aromatic nitrogens is 1. The number of carbonyl (C=O) groups excluding carboxylic acids is 2. The Kier molecular flexibility index (Phi) is 5.31. The Labute approximate surface area is 168 Å². The maximum Gasteiger partial charge on any atom is 0.256 e. The molecule has 0 aliphatic carbocycles. The third kappa shape index (κ3) is 4.00. The molecule has 2 aromatic carbocycles. The Morgan fingerprint density at radius 3 is 2.41 bits per heavy atom. The molecular formula is C22H23FN4O2. The molecule has 0 atom stereocenters. The van der Waals surface area contributed by atoms with E-state index in [4.69, 9.17) is 5.73 Å². The van der Waals surface area contributed by atoms with Crippen LogP contribution in [0.15, 0.2) is 48.7 Å². The number of benzene rings is 2. The highest BCUT2D eigenvalue weighted by Gasteiger charge is 2.24. The molecule has 2 heterocycles. The van der Waals surface area contributed by atoms with Crippen LogP contribution in [0, 0.1) is 5.82 Å². The van der Waals surface area contributed by atoms with E-state index in [1.165, 1.54) is 12.1 Å². The molecule has 0 spiro atoms. The molecular weight excluding hydrogens is 371 g/mol. The smallest absolute Gasteiger partial charge is 0.256 e. The summed E-state index contributed by atoms with van der Waals surface area (Å²) in [5.74, 6) is -0.789. The molecule has 3 aromatic rings. The Hall–Kier alpha value is -3.19. The number of nitrogens with zero attached hydrogens (tertiary/aromatic N) is 2. The molecule has 0 radical (unpaired) electrons. The molecule has 1 aliphatic rings. The third-order valence-electron chi connectivity index (χ3n) is 5.50. The maximum atomic E-state index is 13.0. The van der Waals surface area contributed by atoms with Crippen molar-refractivity contribution in [1.29, 1.82) is 0 Å². The number of hydrogen-bond donors (Lipinski definition) is 2. The van der Waals surface area contributed by atoms with Crippen LogP contribution >= 0.6 is 0 Å². The van der Waals surface area contributed by atoms with Crippen molar-refractivity contribution < 1.29 is 14.0 Å². The van der Waals surface area contributed by atoms with Gasteiger partial charge in [-0.15, -0.1) is 0 Å². The minimum absolute atomic E-state index is 0.0494. The van der Waals surface area contributed by atoms with Crippen LogP contribution in [-0.2, 0) is 6.42 Å². The lowest BCUT2D eigenvalue weighted by Crippen LogP contribution is -2.49. The summed E-state index contributed by atoms with van der Waals surface area (Å²) in [5.41, 5.74) is 8.10. The molecule has 0 unspecified atom stereocenters. The van der Waals surface area contributed by atoms with Gasteiger partial charge >= 0.3 is 0 Å². The van der Waals surface area contributed by atoms with Crippen LogP contribution in [-0.4, -0.2) is 59.3 Å². The summed E-state index contributed by atoms with van der Waals surface area (Å²) in [4.78, 5) is 31.8. The third-order valence-corrected chi connectivity index (χ3v) is 5.50. The second-order valence-corrected chi connectivity index (χ2v) is 7.31. The Morgan fingerprint density at radius 1 is 1.00 bits per heavy atom. The standard InChI is InChI=1S/C22H23FN4O2/c23-16-6-4-15(5-7-16)8-9-26-10-12-27(13-11-26)22(29)18-3-1-2-17-19(21(24)28)14-25-20(17)18/h1-7,14,25H,8-13H2,(H2,24,28). The van der Waals surface area contributed by atoms with E-state index in [0.29, 0.717) is 35.1 Å². The lowest BCUT2D eigenvalue weighted by Gasteiger charge is -2.34. The normalized spacial score (nSPS) is 15.0. The number of nitrogens with one attached hydrogen (secondary N) is 1. The number of rotatable bonds is 5. The van der Waals surface area contributed by atoms with Crippen LogP contribution < -0.4 is 5.73 Å². The number of primary amides is 1.